The van der Waals surface area contributed by atoms with Crippen LogP contribution in [0.15, 0.2) is 0 Å². The van der Waals surface area contributed by atoms with Crippen molar-refractivity contribution in [1.29, 1.82) is 0 Å². The van der Waals surface area contributed by atoms with Gasteiger partial charge in [-0.3, -0.25) is 0 Å². The van der Waals surface area contributed by atoms with Gasteiger partial charge in [-0.05, 0) is 18.8 Å². The van der Waals surface area contributed by atoms with E-state index in [-0.39, 0.29) is 0 Å². The first kappa shape index (κ1) is 12.0. The molecule has 0 amide bonds. The first-order valence-corrected chi connectivity index (χ1v) is 5.42. The van der Waals surface area contributed by atoms with Crippen molar-refractivity contribution >= 4 is 0 Å². The molecule has 0 aliphatic carbocycles. The molecule has 1 aliphatic rings. The molecular weight excluding hydrogens is 148 g/mol. The fourth-order valence-corrected chi connectivity index (χ4v) is 1.30. The number of unbranched alkanes of at least 4 members (excludes halogenated alkanes) is 1. The van der Waals surface area contributed by atoms with Gasteiger partial charge in [0.25, 0.3) is 0 Å². The zero-order chi connectivity index (χ0) is 9.23. The van der Waals surface area contributed by atoms with Crippen LogP contribution in [0.25, 0.3) is 0 Å². The monoisotopic (exact) mass is 172 g/mol. The Morgan fingerprint density at radius 2 is 1.92 bits per heavy atom. The lowest BCUT2D eigenvalue weighted by molar-refractivity contribution is 0.184. The highest BCUT2D eigenvalue weighted by atomic mass is 16.5. The summed E-state index contributed by atoms with van der Waals surface area (Å²) in [4.78, 5) is 0. The van der Waals surface area contributed by atoms with Crippen molar-refractivity contribution in [3.8, 4) is 0 Å². The zero-order valence-corrected chi connectivity index (χ0v) is 8.94. The molecule has 1 heterocycles. The Kier molecular flexibility index (Phi) is 9.02. The molecule has 0 saturated carbocycles. The fourth-order valence-electron chi connectivity index (χ4n) is 1.30. The molecule has 0 aromatic heterocycles. The second-order valence-electron chi connectivity index (χ2n) is 3.58. The van der Waals surface area contributed by atoms with Crippen LogP contribution in [0, 0.1) is 5.92 Å². The summed E-state index contributed by atoms with van der Waals surface area (Å²) in [6.07, 6.45) is 6.65. The fraction of sp³-hybridized carbons (Fsp3) is 1.00. The molecule has 1 saturated heterocycles. The van der Waals surface area contributed by atoms with Gasteiger partial charge in [0.1, 0.15) is 0 Å². The number of rotatable bonds is 3. The molecule has 1 rings (SSSR count). The maximum atomic E-state index is 5.25. The van der Waals surface area contributed by atoms with Gasteiger partial charge in [0.15, 0.2) is 0 Å². The molecule has 0 aromatic rings. The number of ether oxygens (including phenoxy) is 1. The van der Waals surface area contributed by atoms with Crippen LogP contribution in [0.1, 0.15) is 52.9 Å². The van der Waals surface area contributed by atoms with Gasteiger partial charge in [-0.25, -0.2) is 0 Å². The molecule has 1 unspecified atom stereocenters. The maximum absolute atomic E-state index is 5.25. The van der Waals surface area contributed by atoms with Crippen molar-refractivity contribution in [2.24, 2.45) is 5.92 Å². The first-order chi connectivity index (χ1) is 5.85. The molecule has 0 radical (unpaired) electrons. The summed E-state index contributed by atoms with van der Waals surface area (Å²) in [5.74, 6) is 0.893. The first-order valence-electron chi connectivity index (χ1n) is 5.42. The van der Waals surface area contributed by atoms with Crippen LogP contribution in [-0.2, 0) is 4.74 Å². The van der Waals surface area contributed by atoms with E-state index in [0.29, 0.717) is 0 Å². The number of hydrogen-bond acceptors (Lipinski definition) is 1. The Balaban J connectivity index is 0.000000354. The lowest BCUT2D eigenvalue weighted by Gasteiger charge is -2.03. The van der Waals surface area contributed by atoms with E-state index in [2.05, 4.69) is 20.8 Å². The van der Waals surface area contributed by atoms with E-state index < -0.39 is 0 Å². The maximum Gasteiger partial charge on any atom is 0.0495 e. The molecular formula is C11H24O. The predicted molar refractivity (Wildman–Crippen MR) is 54.4 cm³/mol. The highest BCUT2D eigenvalue weighted by molar-refractivity contribution is 4.63. The third kappa shape index (κ3) is 6.66. The Hall–Kier alpha value is -0.0400. The topological polar surface area (TPSA) is 9.23 Å². The summed E-state index contributed by atoms with van der Waals surface area (Å²) in [6, 6.07) is 0. The lowest BCUT2D eigenvalue weighted by atomic mass is 10.0. The van der Waals surface area contributed by atoms with Gasteiger partial charge in [-0.2, -0.15) is 0 Å². The van der Waals surface area contributed by atoms with Crippen molar-refractivity contribution in [3.63, 3.8) is 0 Å². The third-order valence-electron chi connectivity index (χ3n) is 1.99. The Morgan fingerprint density at radius 3 is 2.33 bits per heavy atom. The molecule has 0 spiro atoms. The van der Waals surface area contributed by atoms with E-state index >= 15 is 0 Å². The van der Waals surface area contributed by atoms with Crippen LogP contribution >= 0.6 is 0 Å². The van der Waals surface area contributed by atoms with E-state index in [1.807, 2.05) is 0 Å². The molecule has 1 aliphatic heterocycles. The van der Waals surface area contributed by atoms with Crippen LogP contribution in [0.5, 0.6) is 0 Å². The van der Waals surface area contributed by atoms with Gasteiger partial charge in [-0.1, -0.05) is 40.0 Å². The normalized spacial score (nSPS) is 21.8. The van der Waals surface area contributed by atoms with Gasteiger partial charge in [0, 0.05) is 13.2 Å². The lowest BCUT2D eigenvalue weighted by Crippen LogP contribution is -1.97. The van der Waals surface area contributed by atoms with Crippen molar-refractivity contribution in [3.05, 3.63) is 0 Å². The van der Waals surface area contributed by atoms with Crippen LogP contribution in [0.3, 0.4) is 0 Å². The predicted octanol–water partition coefficient (Wildman–Crippen LogP) is 3.63. The average Bonchev–Trinajstić information content (AvgIpc) is 2.54. The molecule has 1 nitrogen and oxygen atoms in total. The molecule has 0 N–H and O–H groups in total. The van der Waals surface area contributed by atoms with Crippen LogP contribution in [-0.4, -0.2) is 13.2 Å². The summed E-state index contributed by atoms with van der Waals surface area (Å²) in [7, 11) is 0. The standard InChI is InChI=1S/C8H16O.C3H8/c1-2-3-4-8-5-6-9-7-8;1-3-2/h8H,2-7H2,1H3;3H2,1-2H3. The van der Waals surface area contributed by atoms with Crippen molar-refractivity contribution in [2.75, 3.05) is 13.2 Å². The number of hydrogen-bond donors (Lipinski definition) is 0. The SMILES string of the molecule is CCC.CCCCC1CCOC1. The minimum Gasteiger partial charge on any atom is -0.381 e. The van der Waals surface area contributed by atoms with Crippen molar-refractivity contribution < 1.29 is 4.74 Å². The van der Waals surface area contributed by atoms with E-state index in [1.54, 1.807) is 0 Å². The van der Waals surface area contributed by atoms with Crippen molar-refractivity contribution in [2.45, 2.75) is 52.9 Å². The summed E-state index contributed by atoms with van der Waals surface area (Å²) < 4.78 is 5.25. The van der Waals surface area contributed by atoms with E-state index in [0.717, 1.165) is 19.1 Å². The molecule has 12 heavy (non-hydrogen) atoms. The second kappa shape index (κ2) is 9.05. The van der Waals surface area contributed by atoms with Gasteiger partial charge >= 0.3 is 0 Å². The molecule has 0 aromatic carbocycles. The summed E-state index contributed by atoms with van der Waals surface area (Å²) in [6.45, 7) is 8.53. The molecule has 74 valence electrons. The van der Waals surface area contributed by atoms with Crippen LogP contribution < -0.4 is 0 Å². The highest BCUT2D eigenvalue weighted by Gasteiger charge is 2.13. The summed E-state index contributed by atoms with van der Waals surface area (Å²) in [5.41, 5.74) is 0. The largest absolute Gasteiger partial charge is 0.381 e. The van der Waals surface area contributed by atoms with Crippen LogP contribution in [0.2, 0.25) is 0 Å². The summed E-state index contributed by atoms with van der Waals surface area (Å²) in [5, 5.41) is 0. The van der Waals surface area contributed by atoms with E-state index in [9.17, 15) is 0 Å². The Labute approximate surface area is 77.5 Å². The smallest absolute Gasteiger partial charge is 0.0495 e. The van der Waals surface area contributed by atoms with Gasteiger partial charge in [0.2, 0.25) is 0 Å². The highest BCUT2D eigenvalue weighted by Crippen LogP contribution is 2.18. The van der Waals surface area contributed by atoms with Crippen molar-refractivity contribution in [1.82, 2.24) is 0 Å². The quantitative estimate of drug-likeness (QED) is 0.631. The zero-order valence-electron chi connectivity index (χ0n) is 8.94. The van der Waals surface area contributed by atoms with Gasteiger partial charge in [-0.15, -0.1) is 0 Å². The summed E-state index contributed by atoms with van der Waals surface area (Å²) >= 11 is 0. The molecule has 1 heteroatoms. The molecule has 1 fully saturated rings. The van der Waals surface area contributed by atoms with Gasteiger partial charge < -0.3 is 4.74 Å². The second-order valence-corrected chi connectivity index (χ2v) is 3.58. The van der Waals surface area contributed by atoms with E-state index in [1.165, 1.54) is 32.1 Å². The van der Waals surface area contributed by atoms with E-state index in [4.69, 9.17) is 4.74 Å². The molecule has 0 bridgehead atoms. The average molecular weight is 172 g/mol. The Bertz CT molecular complexity index is 75.1. The molecule has 1 atom stereocenters. The minimum absolute atomic E-state index is 0.893. The Morgan fingerprint density at radius 1 is 1.25 bits per heavy atom. The third-order valence-corrected chi connectivity index (χ3v) is 1.99. The van der Waals surface area contributed by atoms with Crippen LogP contribution in [0.4, 0.5) is 0 Å². The minimum atomic E-state index is 0.893. The van der Waals surface area contributed by atoms with Gasteiger partial charge in [0.05, 0.1) is 0 Å².